The molecule has 1 unspecified atom stereocenters. The van der Waals surface area contributed by atoms with E-state index in [1.165, 1.54) is 4.31 Å². The number of nitrogens with zero attached hydrogens (tertiary/aromatic N) is 1. The lowest BCUT2D eigenvalue weighted by molar-refractivity contribution is -0.151. The van der Waals surface area contributed by atoms with Crippen molar-refractivity contribution in [2.75, 3.05) is 18.8 Å². The Morgan fingerprint density at radius 2 is 1.95 bits per heavy atom. The molecule has 1 aliphatic carbocycles. The van der Waals surface area contributed by atoms with Crippen LogP contribution >= 0.6 is 0 Å². The van der Waals surface area contributed by atoms with Crippen LogP contribution in [0, 0.1) is 17.3 Å². The summed E-state index contributed by atoms with van der Waals surface area (Å²) in [5.41, 5.74) is -0.867. The maximum absolute atomic E-state index is 12.3. The van der Waals surface area contributed by atoms with Crippen LogP contribution in [-0.4, -0.2) is 42.6 Å². The van der Waals surface area contributed by atoms with Crippen LogP contribution in [0.1, 0.15) is 39.5 Å². The van der Waals surface area contributed by atoms with Crippen molar-refractivity contribution in [1.82, 2.24) is 4.31 Å². The fourth-order valence-electron chi connectivity index (χ4n) is 2.65. The average Bonchev–Trinajstić information content (AvgIpc) is 3.12. The molecule has 2 fully saturated rings. The predicted molar refractivity (Wildman–Crippen MR) is 72.2 cm³/mol. The number of carboxylic acids is 1. The Bertz CT molecular complexity index is 453. The Hall–Kier alpha value is -0.620. The van der Waals surface area contributed by atoms with Gasteiger partial charge in [0.1, 0.15) is 0 Å². The zero-order chi connectivity index (χ0) is 14.3. The van der Waals surface area contributed by atoms with Crippen LogP contribution in [-0.2, 0) is 14.8 Å². The summed E-state index contributed by atoms with van der Waals surface area (Å²) >= 11 is 0. The van der Waals surface area contributed by atoms with Crippen LogP contribution in [0.15, 0.2) is 0 Å². The van der Waals surface area contributed by atoms with Gasteiger partial charge in [-0.3, -0.25) is 4.79 Å². The van der Waals surface area contributed by atoms with Crippen LogP contribution in [0.4, 0.5) is 0 Å². The summed E-state index contributed by atoms with van der Waals surface area (Å²) in [6.07, 6.45) is 3.56. The van der Waals surface area contributed by atoms with Gasteiger partial charge in [0.15, 0.2) is 0 Å². The third-order valence-corrected chi connectivity index (χ3v) is 6.50. The number of hydrogen-bond donors (Lipinski definition) is 1. The summed E-state index contributed by atoms with van der Waals surface area (Å²) in [5.74, 6) is -0.378. The van der Waals surface area contributed by atoms with Crippen molar-refractivity contribution in [3.8, 4) is 0 Å². The second kappa shape index (κ2) is 5.05. The van der Waals surface area contributed by atoms with Crippen molar-refractivity contribution >= 4 is 16.0 Å². The van der Waals surface area contributed by atoms with Gasteiger partial charge >= 0.3 is 5.97 Å². The fraction of sp³-hybridized carbons (Fsp3) is 0.923. The van der Waals surface area contributed by atoms with E-state index >= 15 is 0 Å². The van der Waals surface area contributed by atoms with E-state index in [4.69, 9.17) is 0 Å². The maximum Gasteiger partial charge on any atom is 0.309 e. The topological polar surface area (TPSA) is 74.7 Å². The van der Waals surface area contributed by atoms with E-state index in [-0.39, 0.29) is 11.7 Å². The van der Waals surface area contributed by atoms with Crippen molar-refractivity contribution in [2.45, 2.75) is 39.5 Å². The molecule has 1 aliphatic heterocycles. The Balaban J connectivity index is 2.06. The van der Waals surface area contributed by atoms with E-state index in [2.05, 4.69) is 0 Å². The lowest BCUT2D eigenvalue weighted by Gasteiger charge is -2.38. The highest BCUT2D eigenvalue weighted by Crippen LogP contribution is 2.36. The molecule has 1 saturated heterocycles. The molecule has 5 nitrogen and oxygen atoms in total. The second-order valence-electron chi connectivity index (χ2n) is 6.45. The molecule has 0 aromatic carbocycles. The Labute approximate surface area is 115 Å². The highest BCUT2D eigenvalue weighted by atomic mass is 32.2. The number of carboxylic acid groups (broad SMARTS) is 1. The van der Waals surface area contributed by atoms with Crippen molar-refractivity contribution in [1.29, 1.82) is 0 Å². The van der Waals surface area contributed by atoms with Crippen LogP contribution in [0.5, 0.6) is 0 Å². The molecule has 1 saturated carbocycles. The summed E-state index contributed by atoms with van der Waals surface area (Å²) in [5, 5.41) is 9.27. The third kappa shape index (κ3) is 3.28. The molecule has 0 aromatic heterocycles. The summed E-state index contributed by atoms with van der Waals surface area (Å²) < 4.78 is 26.0. The highest BCUT2D eigenvalue weighted by molar-refractivity contribution is 7.89. The molecule has 6 heteroatoms. The first-order valence-corrected chi connectivity index (χ1v) is 8.55. The van der Waals surface area contributed by atoms with Gasteiger partial charge in [0, 0.05) is 13.1 Å². The highest BCUT2D eigenvalue weighted by Gasteiger charge is 2.42. The van der Waals surface area contributed by atoms with Crippen molar-refractivity contribution in [3.05, 3.63) is 0 Å². The first-order chi connectivity index (χ1) is 8.73. The normalized spacial score (nSPS) is 26.3. The molecule has 0 spiro atoms. The minimum absolute atomic E-state index is 0.104. The number of hydrogen-bond acceptors (Lipinski definition) is 3. The van der Waals surface area contributed by atoms with Gasteiger partial charge in [-0.25, -0.2) is 12.7 Å². The van der Waals surface area contributed by atoms with Gasteiger partial charge < -0.3 is 5.11 Å². The molecular formula is C13H23NO4S. The minimum Gasteiger partial charge on any atom is -0.481 e. The first kappa shape index (κ1) is 14.8. The monoisotopic (exact) mass is 289 g/mol. The molecule has 0 bridgehead atoms. The van der Waals surface area contributed by atoms with Gasteiger partial charge in [0.05, 0.1) is 11.2 Å². The molecule has 0 amide bonds. The zero-order valence-electron chi connectivity index (χ0n) is 11.6. The summed E-state index contributed by atoms with van der Waals surface area (Å²) in [6, 6.07) is 0. The molecule has 1 N–H and O–H groups in total. The molecule has 1 atom stereocenters. The maximum atomic E-state index is 12.3. The van der Waals surface area contributed by atoms with Gasteiger partial charge in [-0.05, 0) is 51.4 Å². The Morgan fingerprint density at radius 1 is 1.32 bits per heavy atom. The average molecular weight is 289 g/mol. The SMILES string of the molecule is CC(C)(C(=O)O)C1CCCN(S(=O)(=O)CC2CC2)C1. The van der Waals surface area contributed by atoms with Crippen LogP contribution in [0.3, 0.4) is 0 Å². The molecule has 2 aliphatic rings. The molecule has 0 radical (unpaired) electrons. The minimum atomic E-state index is -3.20. The van der Waals surface area contributed by atoms with E-state index in [0.29, 0.717) is 19.0 Å². The summed E-state index contributed by atoms with van der Waals surface area (Å²) in [7, 11) is -3.20. The molecule has 2 rings (SSSR count). The van der Waals surface area contributed by atoms with E-state index in [1.54, 1.807) is 13.8 Å². The number of aliphatic carboxylic acids is 1. The van der Waals surface area contributed by atoms with E-state index < -0.39 is 21.4 Å². The van der Waals surface area contributed by atoms with Gasteiger partial charge in [0.25, 0.3) is 0 Å². The van der Waals surface area contributed by atoms with Gasteiger partial charge in [-0.15, -0.1) is 0 Å². The number of carbonyl (C=O) groups is 1. The number of piperidine rings is 1. The smallest absolute Gasteiger partial charge is 0.309 e. The zero-order valence-corrected chi connectivity index (χ0v) is 12.4. The Kier molecular flexibility index (Phi) is 3.93. The first-order valence-electron chi connectivity index (χ1n) is 6.94. The molecule has 19 heavy (non-hydrogen) atoms. The molecule has 110 valence electrons. The molecular weight excluding hydrogens is 266 g/mol. The molecule has 0 aromatic rings. The van der Waals surface area contributed by atoms with Crippen molar-refractivity contribution < 1.29 is 18.3 Å². The van der Waals surface area contributed by atoms with Gasteiger partial charge in [-0.2, -0.15) is 0 Å². The van der Waals surface area contributed by atoms with Crippen LogP contribution in [0.25, 0.3) is 0 Å². The lowest BCUT2D eigenvalue weighted by Crippen LogP contribution is -2.47. The second-order valence-corrected chi connectivity index (χ2v) is 8.46. The third-order valence-electron chi connectivity index (χ3n) is 4.49. The number of sulfonamides is 1. The van der Waals surface area contributed by atoms with Crippen molar-refractivity contribution in [3.63, 3.8) is 0 Å². The quantitative estimate of drug-likeness (QED) is 0.833. The van der Waals surface area contributed by atoms with E-state index in [1.807, 2.05) is 0 Å². The number of rotatable bonds is 5. The predicted octanol–water partition coefficient (Wildman–Crippen LogP) is 1.55. The largest absolute Gasteiger partial charge is 0.481 e. The summed E-state index contributed by atoms with van der Waals surface area (Å²) in [6.45, 7) is 4.28. The standard InChI is InChI=1S/C13H23NO4S/c1-13(2,12(15)16)11-4-3-7-14(8-11)19(17,18)9-10-5-6-10/h10-11H,3-9H2,1-2H3,(H,15,16). The van der Waals surface area contributed by atoms with E-state index in [0.717, 1.165) is 25.7 Å². The molecule has 1 heterocycles. The van der Waals surface area contributed by atoms with Crippen molar-refractivity contribution in [2.24, 2.45) is 17.3 Å². The van der Waals surface area contributed by atoms with Crippen LogP contribution < -0.4 is 0 Å². The lowest BCUT2D eigenvalue weighted by atomic mass is 9.75. The van der Waals surface area contributed by atoms with Gasteiger partial charge in [-0.1, -0.05) is 0 Å². The fourth-order valence-corrected chi connectivity index (χ4v) is 4.60. The summed E-state index contributed by atoms with van der Waals surface area (Å²) in [4.78, 5) is 11.3. The van der Waals surface area contributed by atoms with E-state index in [9.17, 15) is 18.3 Å². The van der Waals surface area contributed by atoms with Gasteiger partial charge in [0.2, 0.25) is 10.0 Å². The Morgan fingerprint density at radius 3 is 2.47 bits per heavy atom. The van der Waals surface area contributed by atoms with Crippen LogP contribution in [0.2, 0.25) is 0 Å².